The Morgan fingerprint density at radius 1 is 1.29 bits per heavy atom. The number of benzene rings is 1. The van der Waals surface area contributed by atoms with Gasteiger partial charge in [0.15, 0.2) is 0 Å². The maximum absolute atomic E-state index is 6.14. The fraction of sp³-hybridized carbons (Fsp3) is 0.250. The Labute approximate surface area is 114 Å². The van der Waals surface area contributed by atoms with Crippen molar-refractivity contribution in [2.45, 2.75) is 19.4 Å². The molecule has 2 N–H and O–H groups in total. The van der Waals surface area contributed by atoms with Gasteiger partial charge in [-0.15, -0.1) is 11.3 Å². The van der Waals surface area contributed by atoms with Crippen LogP contribution in [0.4, 0.5) is 0 Å². The summed E-state index contributed by atoms with van der Waals surface area (Å²) in [5.74, 6) is 0. The maximum atomic E-state index is 6.14. The van der Waals surface area contributed by atoms with E-state index in [0.29, 0.717) is 10.0 Å². The Hall–Kier alpha value is -0.610. The molecular formula is C12H12Cl2N2S. The first-order valence-electron chi connectivity index (χ1n) is 5.08. The Kier molecular flexibility index (Phi) is 3.46. The quantitative estimate of drug-likeness (QED) is 0.893. The van der Waals surface area contributed by atoms with E-state index in [-0.39, 0.29) is 5.54 Å². The highest BCUT2D eigenvalue weighted by Crippen LogP contribution is 2.35. The maximum Gasteiger partial charge on any atom is 0.125 e. The predicted molar refractivity (Wildman–Crippen MR) is 74.8 cm³/mol. The van der Waals surface area contributed by atoms with Crippen LogP contribution in [0.3, 0.4) is 0 Å². The van der Waals surface area contributed by atoms with Crippen molar-refractivity contribution in [1.29, 1.82) is 0 Å². The Balaban J connectivity index is 2.44. The molecule has 5 heteroatoms. The second-order valence-electron chi connectivity index (χ2n) is 4.38. The smallest absolute Gasteiger partial charge is 0.125 e. The van der Waals surface area contributed by atoms with E-state index in [2.05, 4.69) is 4.98 Å². The van der Waals surface area contributed by atoms with Crippen molar-refractivity contribution in [3.8, 4) is 10.6 Å². The Morgan fingerprint density at radius 2 is 2.00 bits per heavy atom. The second kappa shape index (κ2) is 4.58. The number of hydrogen-bond donors (Lipinski definition) is 1. The van der Waals surface area contributed by atoms with Crippen LogP contribution in [-0.2, 0) is 5.54 Å². The van der Waals surface area contributed by atoms with Crippen molar-refractivity contribution in [2.24, 2.45) is 5.73 Å². The summed E-state index contributed by atoms with van der Waals surface area (Å²) in [6.07, 6.45) is 1.80. The zero-order chi connectivity index (χ0) is 12.6. The van der Waals surface area contributed by atoms with Crippen LogP contribution in [-0.4, -0.2) is 4.98 Å². The van der Waals surface area contributed by atoms with Gasteiger partial charge in [0.1, 0.15) is 5.01 Å². The molecule has 0 saturated carbocycles. The zero-order valence-corrected chi connectivity index (χ0v) is 11.8. The van der Waals surface area contributed by atoms with Crippen molar-refractivity contribution in [3.63, 3.8) is 0 Å². The summed E-state index contributed by atoms with van der Waals surface area (Å²) in [6, 6.07) is 5.39. The molecule has 2 aromatic rings. The zero-order valence-electron chi connectivity index (χ0n) is 9.50. The summed E-state index contributed by atoms with van der Waals surface area (Å²) in [5.41, 5.74) is 6.53. The lowest BCUT2D eigenvalue weighted by Crippen LogP contribution is -2.27. The number of nitrogens with two attached hydrogens (primary N) is 1. The van der Waals surface area contributed by atoms with Gasteiger partial charge in [-0.1, -0.05) is 23.2 Å². The monoisotopic (exact) mass is 286 g/mol. The van der Waals surface area contributed by atoms with Crippen LogP contribution in [0.25, 0.3) is 10.6 Å². The molecule has 2 nitrogen and oxygen atoms in total. The van der Waals surface area contributed by atoms with Crippen LogP contribution in [0, 0.1) is 0 Å². The average Bonchev–Trinajstić information content (AvgIpc) is 2.65. The standard InChI is InChI=1S/C12H12Cl2N2S/c1-12(2,15)10-6-16-11(17-10)8-4-3-7(13)5-9(8)14/h3-6H,15H2,1-2H3. The van der Waals surface area contributed by atoms with E-state index in [4.69, 9.17) is 28.9 Å². The number of thiazole rings is 1. The van der Waals surface area contributed by atoms with E-state index >= 15 is 0 Å². The first-order valence-corrected chi connectivity index (χ1v) is 6.66. The van der Waals surface area contributed by atoms with E-state index < -0.39 is 0 Å². The molecule has 2 rings (SSSR count). The van der Waals surface area contributed by atoms with Crippen molar-refractivity contribution >= 4 is 34.5 Å². The van der Waals surface area contributed by atoms with Crippen molar-refractivity contribution in [2.75, 3.05) is 0 Å². The first-order chi connectivity index (χ1) is 7.88. The van der Waals surface area contributed by atoms with Gasteiger partial charge in [-0.25, -0.2) is 4.98 Å². The van der Waals surface area contributed by atoms with Gasteiger partial charge >= 0.3 is 0 Å². The van der Waals surface area contributed by atoms with E-state index in [0.717, 1.165) is 15.4 Å². The largest absolute Gasteiger partial charge is 0.321 e. The lowest BCUT2D eigenvalue weighted by molar-refractivity contribution is 0.566. The normalized spacial score (nSPS) is 11.8. The van der Waals surface area contributed by atoms with Crippen LogP contribution in [0.15, 0.2) is 24.4 Å². The van der Waals surface area contributed by atoms with Crippen LogP contribution in [0.5, 0.6) is 0 Å². The highest BCUT2D eigenvalue weighted by atomic mass is 35.5. The van der Waals surface area contributed by atoms with Crippen molar-refractivity contribution in [3.05, 3.63) is 39.3 Å². The Bertz CT molecular complexity index is 544. The molecule has 90 valence electrons. The van der Waals surface area contributed by atoms with Gasteiger partial charge in [0.25, 0.3) is 0 Å². The molecule has 0 atom stereocenters. The molecule has 0 aliphatic rings. The highest BCUT2D eigenvalue weighted by molar-refractivity contribution is 7.15. The molecule has 0 aliphatic heterocycles. The van der Waals surface area contributed by atoms with Crippen LogP contribution < -0.4 is 5.73 Å². The summed E-state index contributed by atoms with van der Waals surface area (Å²) in [5, 5.41) is 2.09. The molecule has 1 aromatic carbocycles. The Morgan fingerprint density at radius 3 is 2.53 bits per heavy atom. The lowest BCUT2D eigenvalue weighted by atomic mass is 10.1. The molecule has 0 aliphatic carbocycles. The minimum absolute atomic E-state index is 0.380. The van der Waals surface area contributed by atoms with Gasteiger partial charge in [0.2, 0.25) is 0 Å². The second-order valence-corrected chi connectivity index (χ2v) is 6.25. The van der Waals surface area contributed by atoms with E-state index in [1.54, 1.807) is 29.7 Å². The summed E-state index contributed by atoms with van der Waals surface area (Å²) >= 11 is 13.5. The van der Waals surface area contributed by atoms with Crippen molar-refractivity contribution < 1.29 is 0 Å². The van der Waals surface area contributed by atoms with Gasteiger partial charge < -0.3 is 5.73 Å². The molecule has 0 unspecified atom stereocenters. The number of rotatable bonds is 2. The summed E-state index contributed by atoms with van der Waals surface area (Å²) in [7, 11) is 0. The first kappa shape index (κ1) is 12.8. The predicted octanol–water partition coefficient (Wildman–Crippen LogP) is 4.31. The summed E-state index contributed by atoms with van der Waals surface area (Å²) < 4.78 is 0. The van der Waals surface area contributed by atoms with Crippen LogP contribution in [0.2, 0.25) is 10.0 Å². The molecule has 0 radical (unpaired) electrons. The fourth-order valence-electron chi connectivity index (χ4n) is 1.36. The van der Waals surface area contributed by atoms with E-state index in [1.807, 2.05) is 19.9 Å². The topological polar surface area (TPSA) is 38.9 Å². The molecule has 17 heavy (non-hydrogen) atoms. The SMILES string of the molecule is CC(C)(N)c1cnc(-c2ccc(Cl)cc2Cl)s1. The molecular weight excluding hydrogens is 275 g/mol. The summed E-state index contributed by atoms with van der Waals surface area (Å²) in [4.78, 5) is 5.38. The molecule has 1 heterocycles. The summed E-state index contributed by atoms with van der Waals surface area (Å²) in [6.45, 7) is 3.90. The lowest BCUT2D eigenvalue weighted by Gasteiger charge is -2.14. The van der Waals surface area contributed by atoms with E-state index in [1.165, 1.54) is 0 Å². The molecule has 0 saturated heterocycles. The van der Waals surface area contributed by atoms with Gasteiger partial charge in [-0.3, -0.25) is 0 Å². The van der Waals surface area contributed by atoms with Gasteiger partial charge in [-0.2, -0.15) is 0 Å². The molecule has 1 aromatic heterocycles. The molecule has 0 bridgehead atoms. The third kappa shape index (κ3) is 2.80. The van der Waals surface area contributed by atoms with Crippen LogP contribution in [0.1, 0.15) is 18.7 Å². The van der Waals surface area contributed by atoms with Crippen LogP contribution >= 0.6 is 34.5 Å². The highest BCUT2D eigenvalue weighted by Gasteiger charge is 2.18. The third-order valence-electron chi connectivity index (χ3n) is 2.30. The minimum atomic E-state index is -0.380. The molecule has 0 spiro atoms. The average molecular weight is 287 g/mol. The van der Waals surface area contributed by atoms with E-state index in [9.17, 15) is 0 Å². The molecule has 0 amide bonds. The molecule has 0 fully saturated rings. The number of nitrogens with zero attached hydrogens (tertiary/aromatic N) is 1. The van der Waals surface area contributed by atoms with Gasteiger partial charge in [0.05, 0.1) is 5.02 Å². The van der Waals surface area contributed by atoms with Crippen molar-refractivity contribution in [1.82, 2.24) is 4.98 Å². The fourth-order valence-corrected chi connectivity index (χ4v) is 2.88. The van der Waals surface area contributed by atoms with Gasteiger partial charge in [-0.05, 0) is 32.0 Å². The number of aromatic nitrogens is 1. The number of halogens is 2. The van der Waals surface area contributed by atoms with Gasteiger partial charge in [0, 0.05) is 27.2 Å². The number of hydrogen-bond acceptors (Lipinski definition) is 3. The third-order valence-corrected chi connectivity index (χ3v) is 4.22. The minimum Gasteiger partial charge on any atom is -0.321 e.